The molecule has 0 aliphatic heterocycles. The molecule has 1 aromatic heterocycles. The molecule has 0 saturated heterocycles. The van der Waals surface area contributed by atoms with E-state index in [1.165, 1.54) is 0 Å². The lowest BCUT2D eigenvalue weighted by Crippen LogP contribution is -2.07. The van der Waals surface area contributed by atoms with Crippen molar-refractivity contribution in [3.05, 3.63) is 29.6 Å². The van der Waals surface area contributed by atoms with Crippen LogP contribution in [-0.4, -0.2) is 10.8 Å². The minimum Gasteiger partial charge on any atom is -0.362 e. The lowest BCUT2D eigenvalue weighted by molar-refractivity contribution is -0.116. The first kappa shape index (κ1) is 8.30. The third-order valence-corrected chi connectivity index (χ3v) is 2.41. The number of rotatable bonds is 1. The third-order valence-electron chi connectivity index (χ3n) is 2.41. The third kappa shape index (κ3) is 1.89. The standard InChI is InChI=1S/C11H13NO/c13-11-6-2-1-4-9(11)8-10-5-3-7-12-10/h3,5,7-8,12H,1-2,4,6H2/b9-8-. The van der Waals surface area contributed by atoms with Crippen LogP contribution in [0.25, 0.3) is 6.08 Å². The lowest BCUT2D eigenvalue weighted by Gasteiger charge is -2.11. The number of H-pyrrole nitrogens is 1. The molecular weight excluding hydrogens is 162 g/mol. The Kier molecular flexibility index (Phi) is 2.30. The molecule has 0 unspecified atom stereocenters. The number of Topliss-reactive ketones (excluding diaryl/α,β-unsaturated/α-hetero) is 1. The number of carbonyl (C=O) groups is 1. The van der Waals surface area contributed by atoms with Gasteiger partial charge in [0.15, 0.2) is 5.78 Å². The fourth-order valence-electron chi connectivity index (χ4n) is 1.68. The number of aromatic amines is 1. The summed E-state index contributed by atoms with van der Waals surface area (Å²) in [5, 5.41) is 0. The van der Waals surface area contributed by atoms with Gasteiger partial charge in [-0.25, -0.2) is 0 Å². The van der Waals surface area contributed by atoms with Gasteiger partial charge in [0, 0.05) is 18.3 Å². The second kappa shape index (κ2) is 3.60. The second-order valence-electron chi connectivity index (χ2n) is 3.43. The molecule has 0 amide bonds. The maximum Gasteiger partial charge on any atom is 0.158 e. The molecule has 1 saturated carbocycles. The first-order valence-corrected chi connectivity index (χ1v) is 4.73. The SMILES string of the molecule is O=C1CCCC/C1=C/c1ccc[nH]1. The largest absolute Gasteiger partial charge is 0.362 e. The molecule has 0 spiro atoms. The Morgan fingerprint density at radius 2 is 2.15 bits per heavy atom. The molecule has 2 heteroatoms. The van der Waals surface area contributed by atoms with Crippen molar-refractivity contribution in [1.82, 2.24) is 4.98 Å². The van der Waals surface area contributed by atoms with Crippen molar-refractivity contribution in [2.24, 2.45) is 0 Å². The molecule has 2 nitrogen and oxygen atoms in total. The highest BCUT2D eigenvalue weighted by Crippen LogP contribution is 2.21. The van der Waals surface area contributed by atoms with Crippen LogP contribution in [0.15, 0.2) is 23.9 Å². The molecule has 1 aliphatic carbocycles. The van der Waals surface area contributed by atoms with Gasteiger partial charge in [-0.1, -0.05) is 0 Å². The minimum absolute atomic E-state index is 0.320. The van der Waals surface area contributed by atoms with Gasteiger partial charge in [-0.15, -0.1) is 0 Å². The summed E-state index contributed by atoms with van der Waals surface area (Å²) in [7, 11) is 0. The molecular formula is C11H13NO. The van der Waals surface area contributed by atoms with Gasteiger partial charge in [0.1, 0.15) is 0 Å². The van der Waals surface area contributed by atoms with Gasteiger partial charge in [-0.3, -0.25) is 4.79 Å². The summed E-state index contributed by atoms with van der Waals surface area (Å²) >= 11 is 0. The fourth-order valence-corrected chi connectivity index (χ4v) is 1.68. The predicted octanol–water partition coefficient (Wildman–Crippen LogP) is 2.54. The highest BCUT2D eigenvalue weighted by molar-refractivity contribution is 5.99. The van der Waals surface area contributed by atoms with Gasteiger partial charge < -0.3 is 4.98 Å². The zero-order valence-electron chi connectivity index (χ0n) is 7.55. The first-order chi connectivity index (χ1) is 6.36. The summed E-state index contributed by atoms with van der Waals surface area (Å²) < 4.78 is 0. The van der Waals surface area contributed by atoms with Crippen LogP contribution >= 0.6 is 0 Å². The summed E-state index contributed by atoms with van der Waals surface area (Å²) in [4.78, 5) is 14.5. The summed E-state index contributed by atoms with van der Waals surface area (Å²) in [5.74, 6) is 0.320. The number of hydrogen-bond donors (Lipinski definition) is 1. The number of ketones is 1. The molecule has 2 rings (SSSR count). The number of hydrogen-bond acceptors (Lipinski definition) is 1. The Morgan fingerprint density at radius 3 is 2.85 bits per heavy atom. The highest BCUT2D eigenvalue weighted by Gasteiger charge is 2.14. The van der Waals surface area contributed by atoms with E-state index < -0.39 is 0 Å². The van der Waals surface area contributed by atoms with Crippen molar-refractivity contribution in [2.75, 3.05) is 0 Å². The molecule has 0 aromatic carbocycles. The fraction of sp³-hybridized carbons (Fsp3) is 0.364. The van der Waals surface area contributed by atoms with Crippen molar-refractivity contribution < 1.29 is 4.79 Å². The van der Waals surface area contributed by atoms with Crippen LogP contribution in [-0.2, 0) is 4.79 Å². The number of aromatic nitrogens is 1. The van der Waals surface area contributed by atoms with Gasteiger partial charge in [-0.2, -0.15) is 0 Å². The normalized spacial score (nSPS) is 20.9. The Bertz CT molecular complexity index is 322. The Morgan fingerprint density at radius 1 is 1.31 bits per heavy atom. The van der Waals surface area contributed by atoms with Crippen molar-refractivity contribution in [3.8, 4) is 0 Å². The van der Waals surface area contributed by atoms with Crippen LogP contribution in [0.4, 0.5) is 0 Å². The zero-order valence-corrected chi connectivity index (χ0v) is 7.55. The molecule has 1 aliphatic rings. The maximum absolute atomic E-state index is 11.4. The molecule has 0 bridgehead atoms. The molecule has 68 valence electrons. The maximum atomic E-state index is 11.4. The smallest absolute Gasteiger partial charge is 0.158 e. The second-order valence-corrected chi connectivity index (χ2v) is 3.43. The van der Waals surface area contributed by atoms with E-state index in [-0.39, 0.29) is 0 Å². The van der Waals surface area contributed by atoms with Crippen LogP contribution in [0.3, 0.4) is 0 Å². The number of nitrogens with one attached hydrogen (secondary N) is 1. The van der Waals surface area contributed by atoms with Gasteiger partial charge >= 0.3 is 0 Å². The summed E-state index contributed by atoms with van der Waals surface area (Å²) in [5.41, 5.74) is 2.01. The van der Waals surface area contributed by atoms with E-state index in [9.17, 15) is 4.79 Å². The van der Waals surface area contributed by atoms with E-state index in [1.54, 1.807) is 0 Å². The van der Waals surface area contributed by atoms with E-state index >= 15 is 0 Å². The summed E-state index contributed by atoms with van der Waals surface area (Å²) in [6.45, 7) is 0. The Balaban J connectivity index is 2.19. The summed E-state index contributed by atoms with van der Waals surface area (Å²) in [6.07, 6.45) is 7.73. The molecule has 1 N–H and O–H groups in total. The molecule has 1 aromatic rings. The van der Waals surface area contributed by atoms with Gasteiger partial charge in [0.25, 0.3) is 0 Å². The van der Waals surface area contributed by atoms with Crippen molar-refractivity contribution in [2.45, 2.75) is 25.7 Å². The lowest BCUT2D eigenvalue weighted by atomic mass is 9.93. The van der Waals surface area contributed by atoms with Gasteiger partial charge in [-0.05, 0) is 43.0 Å². The average Bonchev–Trinajstić information content (AvgIpc) is 2.61. The van der Waals surface area contributed by atoms with Crippen molar-refractivity contribution >= 4 is 11.9 Å². The zero-order chi connectivity index (χ0) is 9.10. The van der Waals surface area contributed by atoms with E-state index in [0.717, 1.165) is 37.0 Å². The monoisotopic (exact) mass is 175 g/mol. The topological polar surface area (TPSA) is 32.9 Å². The van der Waals surface area contributed by atoms with E-state index in [0.29, 0.717) is 5.78 Å². The van der Waals surface area contributed by atoms with E-state index in [4.69, 9.17) is 0 Å². The summed E-state index contributed by atoms with van der Waals surface area (Å²) in [6, 6.07) is 3.93. The van der Waals surface area contributed by atoms with Crippen molar-refractivity contribution in [1.29, 1.82) is 0 Å². The average molecular weight is 175 g/mol. The van der Waals surface area contributed by atoms with Gasteiger partial charge in [0.2, 0.25) is 0 Å². The minimum atomic E-state index is 0.320. The van der Waals surface area contributed by atoms with E-state index in [1.807, 2.05) is 24.4 Å². The number of allylic oxidation sites excluding steroid dienone is 1. The predicted molar refractivity (Wildman–Crippen MR) is 52.2 cm³/mol. The van der Waals surface area contributed by atoms with Crippen LogP contribution in [0, 0.1) is 0 Å². The quantitative estimate of drug-likeness (QED) is 0.654. The Labute approximate surface area is 77.7 Å². The van der Waals surface area contributed by atoms with Crippen LogP contribution < -0.4 is 0 Å². The highest BCUT2D eigenvalue weighted by atomic mass is 16.1. The molecule has 1 fully saturated rings. The first-order valence-electron chi connectivity index (χ1n) is 4.73. The molecule has 13 heavy (non-hydrogen) atoms. The van der Waals surface area contributed by atoms with Crippen molar-refractivity contribution in [3.63, 3.8) is 0 Å². The molecule has 0 radical (unpaired) electrons. The van der Waals surface area contributed by atoms with Gasteiger partial charge in [0.05, 0.1) is 0 Å². The van der Waals surface area contributed by atoms with Crippen LogP contribution in [0.2, 0.25) is 0 Å². The van der Waals surface area contributed by atoms with Crippen LogP contribution in [0.1, 0.15) is 31.4 Å². The molecule has 1 heterocycles. The van der Waals surface area contributed by atoms with Crippen LogP contribution in [0.5, 0.6) is 0 Å². The Hall–Kier alpha value is -1.31. The number of carbonyl (C=O) groups excluding carboxylic acids is 1. The van der Waals surface area contributed by atoms with E-state index in [2.05, 4.69) is 4.98 Å². The molecule has 0 atom stereocenters.